The molecular formula is C19H21FN4O2. The van der Waals surface area contributed by atoms with Crippen molar-refractivity contribution in [3.05, 3.63) is 59.9 Å². The number of anilines is 2. The minimum atomic E-state index is -0.679. The zero-order chi connectivity index (χ0) is 18.7. The van der Waals surface area contributed by atoms with E-state index in [0.717, 1.165) is 0 Å². The predicted octanol–water partition coefficient (Wildman–Crippen LogP) is 2.67. The van der Waals surface area contributed by atoms with Crippen LogP contribution in [-0.2, 0) is 0 Å². The van der Waals surface area contributed by atoms with Gasteiger partial charge in [-0.05, 0) is 37.3 Å². The summed E-state index contributed by atoms with van der Waals surface area (Å²) in [6, 6.07) is 12.6. The molecule has 1 saturated heterocycles. The number of nitrogens with zero attached hydrogens (tertiary/aromatic N) is 2. The Hall–Kier alpha value is -3.09. The summed E-state index contributed by atoms with van der Waals surface area (Å²) in [5.74, 6) is -0.386. The van der Waals surface area contributed by atoms with Gasteiger partial charge >= 0.3 is 6.03 Å². The maximum Gasteiger partial charge on any atom is 0.316 e. The number of carbonyl (C=O) groups excluding carboxylic acids is 2. The van der Waals surface area contributed by atoms with Crippen molar-refractivity contribution < 1.29 is 14.0 Å². The van der Waals surface area contributed by atoms with Gasteiger partial charge in [0.25, 0.3) is 5.91 Å². The molecule has 1 aliphatic heterocycles. The Bertz CT molecular complexity index is 827. The van der Waals surface area contributed by atoms with Crippen LogP contribution < -0.4 is 16.0 Å². The largest absolute Gasteiger partial charge is 0.365 e. The molecule has 1 atom stereocenters. The minimum absolute atomic E-state index is 0.0800. The lowest BCUT2D eigenvalue weighted by atomic mass is 10.1. The Morgan fingerprint density at radius 3 is 2.62 bits per heavy atom. The van der Waals surface area contributed by atoms with Crippen molar-refractivity contribution >= 4 is 23.3 Å². The zero-order valence-corrected chi connectivity index (χ0v) is 14.5. The van der Waals surface area contributed by atoms with Crippen LogP contribution in [-0.4, -0.2) is 42.5 Å². The molecule has 1 fully saturated rings. The fraction of sp³-hybridized carbons (Fsp3) is 0.263. The van der Waals surface area contributed by atoms with Gasteiger partial charge in [-0.1, -0.05) is 18.2 Å². The number of carbonyl (C=O) groups is 2. The Labute approximate surface area is 151 Å². The SMILES string of the molecule is C[C@H]1CN(c2ccccc2F)CCN1C(=O)c1cccc(NC(N)=O)c1. The van der Waals surface area contributed by atoms with Crippen LogP contribution >= 0.6 is 0 Å². The molecule has 6 nitrogen and oxygen atoms in total. The molecule has 136 valence electrons. The fourth-order valence-corrected chi connectivity index (χ4v) is 3.22. The van der Waals surface area contributed by atoms with Gasteiger partial charge in [-0.2, -0.15) is 0 Å². The second-order valence-electron chi connectivity index (χ2n) is 6.32. The van der Waals surface area contributed by atoms with Gasteiger partial charge in [0.1, 0.15) is 5.82 Å². The fourth-order valence-electron chi connectivity index (χ4n) is 3.22. The maximum absolute atomic E-state index is 14.0. The highest BCUT2D eigenvalue weighted by atomic mass is 19.1. The Balaban J connectivity index is 1.72. The molecule has 0 aliphatic carbocycles. The van der Waals surface area contributed by atoms with E-state index in [2.05, 4.69) is 5.32 Å². The first-order chi connectivity index (χ1) is 12.5. The normalized spacial score (nSPS) is 17.1. The average Bonchev–Trinajstić information content (AvgIpc) is 2.61. The standard InChI is InChI=1S/C19H21FN4O2/c1-13-12-23(17-8-3-2-7-16(17)20)9-10-24(13)18(25)14-5-4-6-15(11-14)22-19(21)26/h2-8,11,13H,9-10,12H2,1H3,(H3,21,22,26)/t13-/m0/s1. The van der Waals surface area contributed by atoms with E-state index in [1.807, 2.05) is 11.8 Å². The number of halogens is 1. The number of para-hydroxylation sites is 1. The molecule has 1 aliphatic rings. The molecule has 0 spiro atoms. The Kier molecular flexibility index (Phi) is 5.06. The zero-order valence-electron chi connectivity index (χ0n) is 14.5. The number of nitrogens with one attached hydrogen (secondary N) is 1. The Morgan fingerprint density at radius 2 is 1.92 bits per heavy atom. The van der Waals surface area contributed by atoms with Crippen molar-refractivity contribution in [1.29, 1.82) is 0 Å². The third-order valence-electron chi connectivity index (χ3n) is 4.46. The number of piperazine rings is 1. The average molecular weight is 356 g/mol. The van der Waals surface area contributed by atoms with Gasteiger partial charge in [-0.15, -0.1) is 0 Å². The predicted molar refractivity (Wildman–Crippen MR) is 98.8 cm³/mol. The van der Waals surface area contributed by atoms with Crippen molar-refractivity contribution in [2.45, 2.75) is 13.0 Å². The molecule has 26 heavy (non-hydrogen) atoms. The monoisotopic (exact) mass is 356 g/mol. The topological polar surface area (TPSA) is 78.7 Å². The minimum Gasteiger partial charge on any atom is -0.365 e. The third kappa shape index (κ3) is 3.77. The van der Waals surface area contributed by atoms with Crippen LogP contribution in [0.2, 0.25) is 0 Å². The third-order valence-corrected chi connectivity index (χ3v) is 4.46. The molecule has 7 heteroatoms. The molecule has 1 heterocycles. The summed E-state index contributed by atoms with van der Waals surface area (Å²) in [7, 11) is 0. The summed E-state index contributed by atoms with van der Waals surface area (Å²) in [4.78, 5) is 27.5. The van der Waals surface area contributed by atoms with Gasteiger partial charge in [0.05, 0.1) is 5.69 Å². The van der Waals surface area contributed by atoms with E-state index in [0.29, 0.717) is 36.6 Å². The van der Waals surface area contributed by atoms with Gasteiger partial charge in [-0.25, -0.2) is 9.18 Å². The summed E-state index contributed by atoms with van der Waals surface area (Å²) in [6.45, 7) is 3.53. The molecule has 3 rings (SSSR count). The molecule has 2 aromatic rings. The van der Waals surface area contributed by atoms with Crippen LogP contribution in [0.3, 0.4) is 0 Å². The molecule has 3 N–H and O–H groups in total. The number of benzene rings is 2. The van der Waals surface area contributed by atoms with Crippen LogP contribution in [0, 0.1) is 5.82 Å². The van der Waals surface area contributed by atoms with Gasteiger partial charge < -0.3 is 20.9 Å². The van der Waals surface area contributed by atoms with Crippen molar-refractivity contribution in [1.82, 2.24) is 4.90 Å². The summed E-state index contributed by atoms with van der Waals surface area (Å²) in [5.41, 5.74) is 6.62. The molecule has 0 bridgehead atoms. The summed E-state index contributed by atoms with van der Waals surface area (Å²) in [5, 5.41) is 2.47. The number of hydrogen-bond donors (Lipinski definition) is 2. The van der Waals surface area contributed by atoms with E-state index in [9.17, 15) is 14.0 Å². The number of rotatable bonds is 3. The highest BCUT2D eigenvalue weighted by molar-refractivity contribution is 5.97. The quantitative estimate of drug-likeness (QED) is 0.887. The van der Waals surface area contributed by atoms with E-state index in [4.69, 9.17) is 5.73 Å². The number of nitrogens with two attached hydrogens (primary N) is 1. The number of primary amides is 1. The van der Waals surface area contributed by atoms with Gasteiger partial charge in [0.2, 0.25) is 0 Å². The van der Waals surface area contributed by atoms with E-state index >= 15 is 0 Å². The van der Waals surface area contributed by atoms with Crippen LogP contribution in [0.1, 0.15) is 17.3 Å². The van der Waals surface area contributed by atoms with E-state index in [-0.39, 0.29) is 17.8 Å². The van der Waals surface area contributed by atoms with Crippen molar-refractivity contribution in [2.75, 3.05) is 29.9 Å². The van der Waals surface area contributed by atoms with Gasteiger partial charge in [-0.3, -0.25) is 4.79 Å². The van der Waals surface area contributed by atoms with Crippen LogP contribution in [0.5, 0.6) is 0 Å². The highest BCUT2D eigenvalue weighted by Crippen LogP contribution is 2.23. The molecule has 3 amide bonds. The molecule has 0 aromatic heterocycles. The van der Waals surface area contributed by atoms with Crippen molar-refractivity contribution in [3.8, 4) is 0 Å². The number of urea groups is 1. The summed E-state index contributed by atoms with van der Waals surface area (Å²) in [6.07, 6.45) is 0. The van der Waals surface area contributed by atoms with E-state index < -0.39 is 6.03 Å². The second kappa shape index (κ2) is 7.43. The van der Waals surface area contributed by atoms with Crippen molar-refractivity contribution in [2.24, 2.45) is 5.73 Å². The second-order valence-corrected chi connectivity index (χ2v) is 6.32. The molecule has 0 radical (unpaired) electrons. The Morgan fingerprint density at radius 1 is 1.15 bits per heavy atom. The molecule has 2 aromatic carbocycles. The molecule has 0 unspecified atom stereocenters. The first-order valence-corrected chi connectivity index (χ1v) is 8.42. The van der Waals surface area contributed by atoms with Gasteiger partial charge in [0, 0.05) is 36.9 Å². The number of amides is 3. The van der Waals surface area contributed by atoms with Crippen molar-refractivity contribution in [3.63, 3.8) is 0 Å². The van der Waals surface area contributed by atoms with Crippen LogP contribution in [0.25, 0.3) is 0 Å². The lowest BCUT2D eigenvalue weighted by Gasteiger charge is -2.41. The lowest BCUT2D eigenvalue weighted by Crippen LogP contribution is -2.54. The first kappa shape index (κ1) is 17.7. The number of hydrogen-bond acceptors (Lipinski definition) is 3. The van der Waals surface area contributed by atoms with Crippen LogP contribution in [0.15, 0.2) is 48.5 Å². The first-order valence-electron chi connectivity index (χ1n) is 8.42. The maximum atomic E-state index is 14.0. The molecule has 0 saturated carbocycles. The molecular weight excluding hydrogens is 335 g/mol. The van der Waals surface area contributed by atoms with E-state index in [1.54, 1.807) is 47.4 Å². The lowest BCUT2D eigenvalue weighted by molar-refractivity contribution is 0.0674. The summed E-state index contributed by atoms with van der Waals surface area (Å²) < 4.78 is 14.0. The van der Waals surface area contributed by atoms with E-state index in [1.165, 1.54) is 6.07 Å². The van der Waals surface area contributed by atoms with Crippen LogP contribution in [0.4, 0.5) is 20.6 Å². The summed E-state index contributed by atoms with van der Waals surface area (Å²) >= 11 is 0. The highest BCUT2D eigenvalue weighted by Gasteiger charge is 2.29. The van der Waals surface area contributed by atoms with Gasteiger partial charge in [0.15, 0.2) is 0 Å². The smallest absolute Gasteiger partial charge is 0.316 e.